The van der Waals surface area contributed by atoms with E-state index in [-0.39, 0.29) is 10.8 Å². The first-order valence-corrected chi connectivity index (χ1v) is 11.6. The molecule has 0 aliphatic heterocycles. The molecule has 182 valence electrons. The lowest BCUT2D eigenvalue weighted by molar-refractivity contribution is -0.311. The van der Waals surface area contributed by atoms with E-state index in [4.69, 9.17) is 19.6 Å². The normalized spacial score (nSPS) is 17.3. The quantitative estimate of drug-likeness (QED) is 0.360. The van der Waals surface area contributed by atoms with Gasteiger partial charge >= 0.3 is 11.9 Å². The average Bonchev–Trinajstić information content (AvgIpc) is 2.80. The van der Waals surface area contributed by atoms with Gasteiger partial charge in [-0.2, -0.15) is 9.78 Å². The van der Waals surface area contributed by atoms with Crippen molar-refractivity contribution in [2.24, 2.45) is 0 Å². The number of hydrogen-bond donors (Lipinski definition) is 0. The summed E-state index contributed by atoms with van der Waals surface area (Å²) in [6.07, 6.45) is 3.58. The Morgan fingerprint density at radius 3 is 1.68 bits per heavy atom. The molecule has 0 heterocycles. The van der Waals surface area contributed by atoms with Crippen LogP contribution in [0.3, 0.4) is 0 Å². The number of carbonyl (C=O) groups is 2. The standard InChI is InChI=1S/C28H34O6/c1-27(2,3)21-15-11-19(12-16-21)25(29)33-31-23-9-7-8-10-24(23)32-34-26(30)20-13-17-22(18-14-20)28(4,5)6/h9,11-18,23H,7-8,10H2,1-6H3. The third kappa shape index (κ3) is 6.90. The number of rotatable bonds is 6. The maximum Gasteiger partial charge on any atom is 0.373 e. The van der Waals surface area contributed by atoms with Crippen LogP contribution in [0.4, 0.5) is 0 Å². The summed E-state index contributed by atoms with van der Waals surface area (Å²) in [5.41, 5.74) is 2.98. The molecule has 0 aromatic heterocycles. The van der Waals surface area contributed by atoms with Gasteiger partial charge in [-0.3, -0.25) is 9.78 Å². The van der Waals surface area contributed by atoms with Gasteiger partial charge in [0.25, 0.3) is 0 Å². The highest BCUT2D eigenvalue weighted by Gasteiger charge is 2.33. The summed E-state index contributed by atoms with van der Waals surface area (Å²) in [6, 6.07) is 14.5. The molecule has 0 amide bonds. The molecule has 2 aromatic rings. The van der Waals surface area contributed by atoms with Crippen LogP contribution in [0.1, 0.15) is 92.6 Å². The molecule has 0 spiro atoms. The Kier molecular flexibility index (Phi) is 8.16. The molecule has 1 aliphatic carbocycles. The van der Waals surface area contributed by atoms with Crippen LogP contribution in [0.5, 0.6) is 0 Å². The Labute approximate surface area is 202 Å². The van der Waals surface area contributed by atoms with Crippen molar-refractivity contribution in [3.63, 3.8) is 0 Å². The van der Waals surface area contributed by atoms with Crippen molar-refractivity contribution in [1.29, 1.82) is 0 Å². The highest BCUT2D eigenvalue weighted by molar-refractivity contribution is 5.89. The fraction of sp³-hybridized carbons (Fsp3) is 0.429. The minimum Gasteiger partial charge on any atom is -0.292 e. The van der Waals surface area contributed by atoms with Gasteiger partial charge in [0.2, 0.25) is 0 Å². The summed E-state index contributed by atoms with van der Waals surface area (Å²) in [5.74, 6) is -1.21. The monoisotopic (exact) mass is 466 g/mol. The van der Waals surface area contributed by atoms with Crippen molar-refractivity contribution in [3.8, 4) is 0 Å². The van der Waals surface area contributed by atoms with Gasteiger partial charge in [-0.05, 0) is 71.9 Å². The highest BCUT2D eigenvalue weighted by atomic mass is 17.2. The van der Waals surface area contributed by atoms with Crippen LogP contribution in [-0.2, 0) is 30.4 Å². The van der Waals surface area contributed by atoms with Gasteiger partial charge in [0.1, 0.15) is 6.10 Å². The maximum atomic E-state index is 12.4. The van der Waals surface area contributed by atoms with Gasteiger partial charge < -0.3 is 0 Å². The second-order valence-electron chi connectivity index (χ2n) is 10.6. The summed E-state index contributed by atoms with van der Waals surface area (Å²) >= 11 is 0. The predicted octanol–water partition coefficient (Wildman–Crippen LogP) is 6.45. The van der Waals surface area contributed by atoms with Gasteiger partial charge in [-0.15, -0.1) is 0 Å². The molecule has 1 aliphatic rings. The molecule has 1 unspecified atom stereocenters. The third-order valence-electron chi connectivity index (χ3n) is 5.75. The van der Waals surface area contributed by atoms with Gasteiger partial charge in [0, 0.05) is 0 Å². The van der Waals surface area contributed by atoms with E-state index in [1.54, 1.807) is 24.3 Å². The summed E-state index contributed by atoms with van der Waals surface area (Å²) in [7, 11) is 0. The molecular formula is C28H34O6. The van der Waals surface area contributed by atoms with E-state index in [9.17, 15) is 9.59 Å². The Morgan fingerprint density at radius 2 is 1.21 bits per heavy atom. The molecule has 1 fully saturated rings. The molecule has 6 heteroatoms. The number of hydrogen-bond acceptors (Lipinski definition) is 6. The maximum absolute atomic E-state index is 12.4. The Balaban J connectivity index is 1.53. The lowest BCUT2D eigenvalue weighted by Gasteiger charge is -2.26. The molecule has 0 saturated heterocycles. The third-order valence-corrected chi connectivity index (χ3v) is 5.75. The molecule has 1 atom stereocenters. The molecular weight excluding hydrogens is 432 g/mol. The van der Waals surface area contributed by atoms with E-state index >= 15 is 0 Å². The smallest absolute Gasteiger partial charge is 0.292 e. The highest BCUT2D eigenvalue weighted by Crippen LogP contribution is 2.30. The average molecular weight is 467 g/mol. The lowest BCUT2D eigenvalue weighted by Crippen LogP contribution is -2.30. The number of carbonyl (C=O) groups excluding carboxylic acids is 2. The van der Waals surface area contributed by atoms with E-state index < -0.39 is 18.0 Å². The van der Waals surface area contributed by atoms with Gasteiger partial charge in [0.05, 0.1) is 11.1 Å². The Bertz CT molecular complexity index is 882. The zero-order valence-corrected chi connectivity index (χ0v) is 20.8. The van der Waals surface area contributed by atoms with Crippen molar-refractivity contribution in [2.45, 2.75) is 77.7 Å². The topological polar surface area (TPSA) is 71.1 Å². The van der Waals surface area contributed by atoms with Crippen LogP contribution >= 0.6 is 0 Å². The Morgan fingerprint density at radius 1 is 0.735 bits per heavy atom. The second kappa shape index (κ2) is 10.7. The summed E-state index contributed by atoms with van der Waals surface area (Å²) in [6.45, 7) is 12.6. The largest absolute Gasteiger partial charge is 0.373 e. The van der Waals surface area contributed by atoms with E-state index in [2.05, 4.69) is 41.5 Å². The van der Waals surface area contributed by atoms with Crippen LogP contribution in [0, 0.1) is 12.5 Å². The van der Waals surface area contributed by atoms with Crippen molar-refractivity contribution >= 4 is 11.9 Å². The molecule has 34 heavy (non-hydrogen) atoms. The first-order chi connectivity index (χ1) is 15.9. The van der Waals surface area contributed by atoms with Crippen LogP contribution in [0.2, 0.25) is 0 Å². The molecule has 3 rings (SSSR count). The van der Waals surface area contributed by atoms with Gasteiger partial charge in [-0.1, -0.05) is 65.8 Å². The summed E-state index contributed by atoms with van der Waals surface area (Å²) in [4.78, 5) is 45.6. The van der Waals surface area contributed by atoms with Crippen LogP contribution in [-0.4, -0.2) is 18.0 Å². The van der Waals surface area contributed by atoms with Gasteiger partial charge in [-0.25, -0.2) is 9.59 Å². The molecule has 2 aromatic carbocycles. The molecule has 1 saturated carbocycles. The first kappa shape index (κ1) is 25.9. The molecule has 6 nitrogen and oxygen atoms in total. The molecule has 0 N–H and O–H groups in total. The van der Waals surface area contributed by atoms with E-state index in [1.165, 1.54) is 0 Å². The zero-order valence-electron chi connectivity index (χ0n) is 20.8. The molecule has 2 radical (unpaired) electrons. The SMILES string of the molecule is CC(C)(C)c1ccc(C(=O)OO[C]2CCC[CH]C2OOC(=O)c2ccc(C(C)(C)C)cc2)cc1. The zero-order chi connectivity index (χ0) is 24.9. The minimum absolute atomic E-state index is 0.0106. The second-order valence-corrected chi connectivity index (χ2v) is 10.6. The van der Waals surface area contributed by atoms with E-state index in [0.29, 0.717) is 23.7 Å². The Hall–Kier alpha value is -2.70. The molecule has 0 bridgehead atoms. The van der Waals surface area contributed by atoms with Crippen LogP contribution in [0.15, 0.2) is 48.5 Å². The summed E-state index contributed by atoms with van der Waals surface area (Å²) < 4.78 is 0. The first-order valence-electron chi connectivity index (χ1n) is 11.6. The van der Waals surface area contributed by atoms with E-state index in [1.807, 2.05) is 30.7 Å². The van der Waals surface area contributed by atoms with Crippen molar-refractivity contribution in [1.82, 2.24) is 0 Å². The minimum atomic E-state index is -0.720. The van der Waals surface area contributed by atoms with Crippen molar-refractivity contribution in [3.05, 3.63) is 83.3 Å². The lowest BCUT2D eigenvalue weighted by atomic mass is 9.87. The van der Waals surface area contributed by atoms with Crippen LogP contribution in [0.25, 0.3) is 0 Å². The van der Waals surface area contributed by atoms with Gasteiger partial charge in [0.15, 0.2) is 6.10 Å². The van der Waals surface area contributed by atoms with Crippen molar-refractivity contribution in [2.75, 3.05) is 0 Å². The predicted molar refractivity (Wildman–Crippen MR) is 128 cm³/mol. The van der Waals surface area contributed by atoms with Crippen molar-refractivity contribution < 1.29 is 29.1 Å². The number of benzene rings is 2. The fourth-order valence-electron chi connectivity index (χ4n) is 3.50. The van der Waals surface area contributed by atoms with Crippen LogP contribution < -0.4 is 0 Å². The fourth-order valence-corrected chi connectivity index (χ4v) is 3.50. The van der Waals surface area contributed by atoms with E-state index in [0.717, 1.165) is 24.0 Å². The summed E-state index contributed by atoms with van der Waals surface area (Å²) in [5, 5.41) is 0.